The van der Waals surface area contributed by atoms with Crippen LogP contribution < -0.4 is 14.8 Å². The maximum Gasteiger partial charge on any atom is 0.322 e. The van der Waals surface area contributed by atoms with Crippen LogP contribution in [0.4, 0.5) is 10.5 Å². The Kier molecular flexibility index (Phi) is 5.12. The lowest BCUT2D eigenvalue weighted by Crippen LogP contribution is -2.36. The van der Waals surface area contributed by atoms with Crippen molar-refractivity contribution < 1.29 is 19.0 Å². The number of carbonyl (C=O) groups is 1. The molecule has 0 atom stereocenters. The Balaban J connectivity index is 1.70. The molecule has 0 saturated carbocycles. The third-order valence-corrected chi connectivity index (χ3v) is 3.59. The number of ether oxygens (including phenoxy) is 3. The summed E-state index contributed by atoms with van der Waals surface area (Å²) in [6.07, 6.45) is 3.26. The number of carbonyl (C=O) groups excluding carboxylic acids is 1. The normalized spacial score (nSPS) is 12.0. The van der Waals surface area contributed by atoms with Gasteiger partial charge in [0.25, 0.3) is 0 Å². The third kappa shape index (κ3) is 3.94. The van der Waals surface area contributed by atoms with E-state index in [-0.39, 0.29) is 12.8 Å². The summed E-state index contributed by atoms with van der Waals surface area (Å²) in [6, 6.07) is 8.96. The molecule has 126 valence electrons. The van der Waals surface area contributed by atoms with E-state index in [0.717, 1.165) is 11.3 Å². The minimum atomic E-state index is -0.198. The van der Waals surface area contributed by atoms with Crippen molar-refractivity contribution in [1.29, 1.82) is 0 Å². The van der Waals surface area contributed by atoms with Crippen molar-refractivity contribution in [1.82, 2.24) is 9.88 Å². The average molecular weight is 329 g/mol. The molecule has 7 nitrogen and oxygen atoms in total. The van der Waals surface area contributed by atoms with E-state index in [1.165, 1.54) is 0 Å². The van der Waals surface area contributed by atoms with Gasteiger partial charge in [0.15, 0.2) is 11.5 Å². The maximum atomic E-state index is 12.5. The second-order valence-electron chi connectivity index (χ2n) is 5.27. The first-order valence-electron chi connectivity index (χ1n) is 7.59. The molecular weight excluding hydrogens is 310 g/mol. The zero-order chi connectivity index (χ0) is 16.8. The summed E-state index contributed by atoms with van der Waals surface area (Å²) in [7, 11) is 1.61. The van der Waals surface area contributed by atoms with Crippen LogP contribution in [-0.2, 0) is 11.3 Å². The van der Waals surface area contributed by atoms with Crippen LogP contribution in [0.3, 0.4) is 0 Å². The largest absolute Gasteiger partial charge is 0.454 e. The number of rotatable bonds is 6. The SMILES string of the molecule is COCCN(Cc1ccc2c(c1)OCO2)C(=O)Nc1ccncc1. The van der Waals surface area contributed by atoms with Gasteiger partial charge >= 0.3 is 6.03 Å². The number of benzene rings is 1. The van der Waals surface area contributed by atoms with Crippen LogP contribution in [0.25, 0.3) is 0 Å². The van der Waals surface area contributed by atoms with E-state index >= 15 is 0 Å². The first kappa shape index (κ1) is 16.1. The predicted molar refractivity (Wildman–Crippen MR) is 88.1 cm³/mol. The van der Waals surface area contributed by atoms with Gasteiger partial charge in [-0.1, -0.05) is 6.07 Å². The second-order valence-corrected chi connectivity index (χ2v) is 5.27. The molecule has 2 heterocycles. The fraction of sp³-hybridized carbons (Fsp3) is 0.294. The molecule has 3 rings (SSSR count). The minimum absolute atomic E-state index is 0.198. The third-order valence-electron chi connectivity index (χ3n) is 3.59. The molecule has 0 spiro atoms. The molecule has 0 aliphatic carbocycles. The van der Waals surface area contributed by atoms with Gasteiger partial charge in [-0.15, -0.1) is 0 Å². The molecule has 1 aliphatic heterocycles. The summed E-state index contributed by atoms with van der Waals surface area (Å²) in [6.45, 7) is 1.60. The lowest BCUT2D eigenvalue weighted by molar-refractivity contribution is 0.152. The van der Waals surface area contributed by atoms with Crippen molar-refractivity contribution >= 4 is 11.7 Å². The number of nitrogens with zero attached hydrogens (tertiary/aromatic N) is 2. The summed E-state index contributed by atoms with van der Waals surface area (Å²) in [5.74, 6) is 1.43. The summed E-state index contributed by atoms with van der Waals surface area (Å²) >= 11 is 0. The number of methoxy groups -OCH3 is 1. The highest BCUT2D eigenvalue weighted by Gasteiger charge is 2.17. The summed E-state index contributed by atoms with van der Waals surface area (Å²) in [5, 5.41) is 2.86. The van der Waals surface area contributed by atoms with Crippen LogP contribution in [0.1, 0.15) is 5.56 Å². The smallest absolute Gasteiger partial charge is 0.322 e. The Labute approximate surface area is 140 Å². The van der Waals surface area contributed by atoms with Crippen molar-refractivity contribution in [3.63, 3.8) is 0 Å². The lowest BCUT2D eigenvalue weighted by atomic mass is 10.2. The van der Waals surface area contributed by atoms with E-state index in [1.54, 1.807) is 36.5 Å². The quantitative estimate of drug-likeness (QED) is 0.881. The Hall–Kier alpha value is -2.80. The predicted octanol–water partition coefficient (Wildman–Crippen LogP) is 2.49. The van der Waals surface area contributed by atoms with Gasteiger partial charge in [0.05, 0.1) is 6.61 Å². The van der Waals surface area contributed by atoms with Crippen LogP contribution in [0.2, 0.25) is 0 Å². The average Bonchev–Trinajstić information content (AvgIpc) is 3.07. The van der Waals surface area contributed by atoms with Crippen molar-refractivity contribution in [3.05, 3.63) is 48.3 Å². The first-order valence-corrected chi connectivity index (χ1v) is 7.59. The molecule has 0 unspecified atom stereocenters. The molecule has 0 saturated heterocycles. The molecule has 1 N–H and O–H groups in total. The highest BCUT2D eigenvalue weighted by Crippen LogP contribution is 2.32. The van der Waals surface area contributed by atoms with E-state index in [0.29, 0.717) is 31.1 Å². The molecule has 1 aromatic heterocycles. The van der Waals surface area contributed by atoms with E-state index in [2.05, 4.69) is 10.3 Å². The molecule has 0 bridgehead atoms. The van der Waals surface area contributed by atoms with Crippen molar-refractivity contribution in [2.24, 2.45) is 0 Å². The monoisotopic (exact) mass is 329 g/mol. The Bertz CT molecular complexity index is 693. The topological polar surface area (TPSA) is 72.9 Å². The van der Waals surface area contributed by atoms with E-state index in [4.69, 9.17) is 14.2 Å². The van der Waals surface area contributed by atoms with E-state index in [1.807, 2.05) is 18.2 Å². The molecule has 1 aromatic carbocycles. The summed E-state index contributed by atoms with van der Waals surface area (Å²) in [5.41, 5.74) is 1.66. The first-order chi connectivity index (χ1) is 11.8. The highest BCUT2D eigenvalue weighted by molar-refractivity contribution is 5.89. The minimum Gasteiger partial charge on any atom is -0.454 e. The number of nitrogens with one attached hydrogen (secondary N) is 1. The maximum absolute atomic E-state index is 12.5. The number of aromatic nitrogens is 1. The van der Waals surface area contributed by atoms with Gasteiger partial charge in [-0.2, -0.15) is 0 Å². The summed E-state index contributed by atoms with van der Waals surface area (Å²) in [4.78, 5) is 18.2. The number of hydrogen-bond acceptors (Lipinski definition) is 5. The fourth-order valence-corrected chi connectivity index (χ4v) is 2.35. The number of pyridine rings is 1. The van der Waals surface area contributed by atoms with Gasteiger partial charge in [-0.25, -0.2) is 4.79 Å². The number of anilines is 1. The van der Waals surface area contributed by atoms with Crippen LogP contribution >= 0.6 is 0 Å². The van der Waals surface area contributed by atoms with Crippen LogP contribution in [-0.4, -0.2) is 43.0 Å². The van der Waals surface area contributed by atoms with Gasteiger partial charge in [0.2, 0.25) is 6.79 Å². The lowest BCUT2D eigenvalue weighted by Gasteiger charge is -2.23. The van der Waals surface area contributed by atoms with E-state index in [9.17, 15) is 4.79 Å². The van der Waals surface area contributed by atoms with Crippen LogP contribution in [0.5, 0.6) is 11.5 Å². The number of hydrogen-bond donors (Lipinski definition) is 1. The molecule has 24 heavy (non-hydrogen) atoms. The second kappa shape index (κ2) is 7.65. The van der Waals surface area contributed by atoms with Gasteiger partial charge in [0.1, 0.15) is 0 Å². The molecule has 0 radical (unpaired) electrons. The molecule has 7 heteroatoms. The van der Waals surface area contributed by atoms with Crippen LogP contribution in [0, 0.1) is 0 Å². The van der Waals surface area contributed by atoms with Crippen molar-refractivity contribution in [2.45, 2.75) is 6.54 Å². The number of fused-ring (bicyclic) bond motifs is 1. The molecular formula is C17H19N3O4. The zero-order valence-corrected chi connectivity index (χ0v) is 13.4. The molecule has 1 aliphatic rings. The van der Waals surface area contributed by atoms with Gasteiger partial charge < -0.3 is 24.4 Å². The Morgan fingerprint density at radius 3 is 2.83 bits per heavy atom. The molecule has 2 amide bonds. The fourth-order valence-electron chi connectivity index (χ4n) is 2.35. The highest BCUT2D eigenvalue weighted by atomic mass is 16.7. The molecule has 0 fully saturated rings. The standard InChI is InChI=1S/C17H19N3O4/c1-22-9-8-20(17(21)19-14-4-6-18-7-5-14)11-13-2-3-15-16(10-13)24-12-23-15/h2-7,10H,8-9,11-12H2,1H3,(H,18,19,21). The zero-order valence-electron chi connectivity index (χ0n) is 13.4. The van der Waals surface area contributed by atoms with Crippen molar-refractivity contribution in [3.8, 4) is 11.5 Å². The molecule has 2 aromatic rings. The number of urea groups is 1. The van der Waals surface area contributed by atoms with E-state index < -0.39 is 0 Å². The summed E-state index contributed by atoms with van der Waals surface area (Å²) < 4.78 is 15.8. The number of amides is 2. The van der Waals surface area contributed by atoms with Crippen LogP contribution in [0.15, 0.2) is 42.7 Å². The van der Waals surface area contributed by atoms with Gasteiger partial charge in [0, 0.05) is 38.3 Å². The van der Waals surface area contributed by atoms with Gasteiger partial charge in [-0.05, 0) is 29.8 Å². The Morgan fingerprint density at radius 2 is 2.04 bits per heavy atom. The Morgan fingerprint density at radius 1 is 1.25 bits per heavy atom. The van der Waals surface area contributed by atoms with Gasteiger partial charge in [-0.3, -0.25) is 4.98 Å². The van der Waals surface area contributed by atoms with Crippen molar-refractivity contribution in [2.75, 3.05) is 32.4 Å².